The average molecular weight is 259 g/mol. The van der Waals surface area contributed by atoms with Gasteiger partial charge in [0.05, 0.1) is 23.2 Å². The molecule has 1 aromatic rings. The molecule has 100 valence electrons. The summed E-state index contributed by atoms with van der Waals surface area (Å²) < 4.78 is 0. The fourth-order valence-electron chi connectivity index (χ4n) is 1.68. The first kappa shape index (κ1) is 13.4. The third kappa shape index (κ3) is 3.24. The first-order valence-corrected chi connectivity index (χ1v) is 6.27. The Balaban J connectivity index is 2.28. The Morgan fingerprint density at radius 1 is 1.32 bits per heavy atom. The van der Waals surface area contributed by atoms with E-state index < -0.39 is 5.97 Å². The van der Waals surface area contributed by atoms with Gasteiger partial charge in [-0.05, 0) is 33.6 Å². The quantitative estimate of drug-likeness (QED) is 0.666. The van der Waals surface area contributed by atoms with Crippen LogP contribution in [0.5, 0.6) is 0 Å². The minimum atomic E-state index is -0.952. The van der Waals surface area contributed by atoms with Crippen molar-refractivity contribution < 1.29 is 9.90 Å². The molecule has 1 saturated carbocycles. The van der Waals surface area contributed by atoms with Gasteiger partial charge in [-0.3, -0.25) is 9.98 Å². The molecule has 1 fully saturated rings. The number of carbonyl (C=O) groups is 1. The van der Waals surface area contributed by atoms with E-state index in [0.717, 1.165) is 5.69 Å². The van der Waals surface area contributed by atoms with Crippen molar-refractivity contribution in [3.8, 4) is 0 Å². The third-order valence-corrected chi connectivity index (χ3v) is 3.22. The third-order valence-electron chi connectivity index (χ3n) is 3.22. The Labute approximate surface area is 112 Å². The van der Waals surface area contributed by atoms with E-state index >= 15 is 0 Å². The second kappa shape index (κ2) is 5.30. The first-order chi connectivity index (χ1) is 8.99. The summed E-state index contributed by atoms with van der Waals surface area (Å²) in [6.45, 7) is 5.05. The second-order valence-electron chi connectivity index (χ2n) is 4.82. The lowest BCUT2D eigenvalue weighted by Crippen LogP contribution is -2.04. The highest BCUT2D eigenvalue weighted by atomic mass is 16.4. The predicted octanol–water partition coefficient (Wildman–Crippen LogP) is 2.54. The van der Waals surface area contributed by atoms with Crippen LogP contribution in [-0.4, -0.2) is 26.8 Å². The van der Waals surface area contributed by atoms with E-state index in [2.05, 4.69) is 15.0 Å². The van der Waals surface area contributed by atoms with Crippen molar-refractivity contribution in [2.45, 2.75) is 39.5 Å². The van der Waals surface area contributed by atoms with E-state index in [1.807, 2.05) is 6.92 Å². The summed E-state index contributed by atoms with van der Waals surface area (Å²) in [5.74, 6) is -0.412. The normalized spacial score (nSPS) is 17.1. The molecule has 1 heterocycles. The molecule has 0 radical (unpaired) electrons. The van der Waals surface area contributed by atoms with E-state index in [0.29, 0.717) is 23.0 Å². The molecule has 1 aromatic heterocycles. The molecular formula is C14H17N3O2. The molecule has 0 bridgehead atoms. The topological polar surface area (TPSA) is 75.4 Å². The van der Waals surface area contributed by atoms with Crippen LogP contribution >= 0.6 is 0 Å². The van der Waals surface area contributed by atoms with Crippen molar-refractivity contribution in [2.75, 3.05) is 0 Å². The van der Waals surface area contributed by atoms with E-state index in [9.17, 15) is 4.79 Å². The van der Waals surface area contributed by atoms with Crippen LogP contribution in [0.2, 0.25) is 0 Å². The highest BCUT2D eigenvalue weighted by Gasteiger charge is 2.25. The lowest BCUT2D eigenvalue weighted by Gasteiger charge is -2.04. The average Bonchev–Trinajstić information content (AvgIpc) is 3.22. The van der Waals surface area contributed by atoms with Crippen molar-refractivity contribution in [1.82, 2.24) is 9.97 Å². The van der Waals surface area contributed by atoms with Crippen LogP contribution in [0.1, 0.15) is 50.9 Å². The fourth-order valence-corrected chi connectivity index (χ4v) is 1.68. The zero-order valence-corrected chi connectivity index (χ0v) is 11.3. The van der Waals surface area contributed by atoms with Crippen molar-refractivity contribution in [3.05, 3.63) is 35.1 Å². The van der Waals surface area contributed by atoms with Gasteiger partial charge in [0.15, 0.2) is 0 Å². The molecule has 0 saturated heterocycles. The van der Waals surface area contributed by atoms with Gasteiger partial charge in [0.2, 0.25) is 0 Å². The molecule has 5 heteroatoms. The summed E-state index contributed by atoms with van der Waals surface area (Å²) in [7, 11) is 0. The molecule has 0 amide bonds. The van der Waals surface area contributed by atoms with Crippen LogP contribution in [0.3, 0.4) is 0 Å². The number of nitrogens with zero attached hydrogens (tertiary/aromatic N) is 3. The monoisotopic (exact) mass is 259 g/mol. The van der Waals surface area contributed by atoms with Gasteiger partial charge in [0.25, 0.3) is 0 Å². The lowest BCUT2D eigenvalue weighted by molar-refractivity contribution is -0.132. The molecule has 1 aliphatic carbocycles. The van der Waals surface area contributed by atoms with Gasteiger partial charge in [-0.25, -0.2) is 9.78 Å². The number of hydrogen-bond acceptors (Lipinski definition) is 4. The van der Waals surface area contributed by atoms with Crippen LogP contribution in [0.25, 0.3) is 0 Å². The van der Waals surface area contributed by atoms with Crippen molar-refractivity contribution in [3.63, 3.8) is 0 Å². The van der Waals surface area contributed by atoms with Gasteiger partial charge in [-0.2, -0.15) is 0 Å². The van der Waals surface area contributed by atoms with Gasteiger partial charge in [-0.15, -0.1) is 0 Å². The van der Waals surface area contributed by atoms with Gasteiger partial charge >= 0.3 is 5.97 Å². The number of hydrogen-bond donors (Lipinski definition) is 1. The molecule has 19 heavy (non-hydrogen) atoms. The van der Waals surface area contributed by atoms with Crippen LogP contribution < -0.4 is 0 Å². The summed E-state index contributed by atoms with van der Waals surface area (Å²) in [6, 6.07) is 0. The van der Waals surface area contributed by atoms with Gasteiger partial charge < -0.3 is 5.11 Å². The maximum Gasteiger partial charge on any atom is 0.333 e. The Hall–Kier alpha value is -2.04. The maximum absolute atomic E-state index is 10.9. The van der Waals surface area contributed by atoms with Crippen LogP contribution in [-0.2, 0) is 4.79 Å². The standard InChI is InChI=1S/C14H17N3O2/c1-8(14(18)19)9(2)16-10(3)12-6-15-7-13(17-12)11-4-5-11/h6-7,11H,4-5H2,1-3H3,(H,18,19)/b9-8+,16-10?. The van der Waals surface area contributed by atoms with Crippen molar-refractivity contribution >= 4 is 11.7 Å². The summed E-state index contributed by atoms with van der Waals surface area (Å²) in [4.78, 5) is 23.9. The number of aliphatic carboxylic acids is 1. The Morgan fingerprint density at radius 2 is 2.00 bits per heavy atom. The van der Waals surface area contributed by atoms with Crippen LogP contribution in [0.15, 0.2) is 28.7 Å². The van der Waals surface area contributed by atoms with Gasteiger partial charge in [-0.1, -0.05) is 0 Å². The predicted molar refractivity (Wildman–Crippen MR) is 72.2 cm³/mol. The molecule has 5 nitrogen and oxygen atoms in total. The molecule has 0 aromatic carbocycles. The molecule has 0 spiro atoms. The molecule has 1 aliphatic rings. The highest BCUT2D eigenvalue weighted by Crippen LogP contribution is 2.38. The zero-order chi connectivity index (χ0) is 14.0. The molecular weight excluding hydrogens is 242 g/mol. The number of carboxylic acids is 1. The highest BCUT2D eigenvalue weighted by molar-refractivity contribution is 5.98. The molecule has 2 rings (SSSR count). The maximum atomic E-state index is 10.9. The van der Waals surface area contributed by atoms with E-state index in [1.165, 1.54) is 12.8 Å². The Bertz CT molecular complexity index is 572. The largest absolute Gasteiger partial charge is 0.478 e. The lowest BCUT2D eigenvalue weighted by atomic mass is 10.2. The number of carboxylic acid groups (broad SMARTS) is 1. The minimum Gasteiger partial charge on any atom is -0.478 e. The van der Waals surface area contributed by atoms with Gasteiger partial charge in [0.1, 0.15) is 5.69 Å². The summed E-state index contributed by atoms with van der Waals surface area (Å²) in [5.41, 5.74) is 3.13. The summed E-state index contributed by atoms with van der Waals surface area (Å²) in [6.07, 6.45) is 5.80. The van der Waals surface area contributed by atoms with E-state index in [4.69, 9.17) is 5.11 Å². The van der Waals surface area contributed by atoms with E-state index in [-0.39, 0.29) is 5.57 Å². The van der Waals surface area contributed by atoms with E-state index in [1.54, 1.807) is 26.2 Å². The second-order valence-corrected chi connectivity index (χ2v) is 4.82. The zero-order valence-electron chi connectivity index (χ0n) is 11.3. The number of aromatic nitrogens is 2. The minimum absolute atomic E-state index is 0.241. The Morgan fingerprint density at radius 3 is 2.58 bits per heavy atom. The molecule has 1 N–H and O–H groups in total. The van der Waals surface area contributed by atoms with Crippen molar-refractivity contribution in [2.24, 2.45) is 4.99 Å². The van der Waals surface area contributed by atoms with Crippen molar-refractivity contribution in [1.29, 1.82) is 0 Å². The smallest absolute Gasteiger partial charge is 0.333 e. The Kier molecular flexibility index (Phi) is 3.74. The number of rotatable bonds is 4. The van der Waals surface area contributed by atoms with Crippen LogP contribution in [0, 0.1) is 0 Å². The molecule has 0 atom stereocenters. The van der Waals surface area contributed by atoms with Crippen LogP contribution in [0.4, 0.5) is 0 Å². The SMILES string of the molecule is CC(=N/C(C)=C(\C)C(=O)O)c1cncc(C2CC2)n1. The van der Waals surface area contributed by atoms with Gasteiger partial charge in [0, 0.05) is 17.8 Å². The summed E-state index contributed by atoms with van der Waals surface area (Å²) in [5, 5.41) is 8.91. The first-order valence-electron chi connectivity index (χ1n) is 6.27. The molecule has 0 aliphatic heterocycles. The molecule has 0 unspecified atom stereocenters. The number of allylic oxidation sites excluding steroid dienone is 1. The number of aliphatic imine (C=N–C) groups is 1. The summed E-state index contributed by atoms with van der Waals surface area (Å²) >= 11 is 0. The fraction of sp³-hybridized carbons (Fsp3) is 0.429.